The number of hydrogen-bond donors (Lipinski definition) is 0. The molecule has 0 amide bonds. The number of fused-ring (bicyclic) bond motifs is 4. The van der Waals surface area contributed by atoms with Gasteiger partial charge in [-0.25, -0.2) is 0 Å². The van der Waals surface area contributed by atoms with Crippen molar-refractivity contribution >= 4 is 40.2 Å². The van der Waals surface area contributed by atoms with Gasteiger partial charge in [0.05, 0.1) is 5.69 Å². The Labute approximate surface area is 330 Å². The molecule has 8 aromatic carbocycles. The quantitative estimate of drug-likeness (QED) is 0.164. The molecular weight excluding hydrogens is 677 g/mol. The standard InChI is InChI=1S/C53H42BNO/c1-35-29-49-52-51(30-35)56-50-28-25-41(38-19-12-7-13-20-38)34-46(50)54(52)45-33-40(37-17-10-6-11-18-37)24-27-48(45)55(49)47-26-23-39(36-15-8-5-9-16-36)32-44(47)42-21-14-22-43(31-42)53(2,3)4/h5-34H,1-4H3. The number of rotatable bonds is 5. The molecular formula is C53H42BNO. The SMILES string of the molecule is Cc1cc2c3c(c1)N(c1ccc(-c4ccccc4)cc1-c1cccc(C(C)(C)C)c1)c1ccc(-c4ccccc4)cc1B3c1cc(-c3ccccc3)ccc1O2. The van der Waals surface area contributed by atoms with Crippen molar-refractivity contribution in [2.75, 3.05) is 4.90 Å². The molecule has 56 heavy (non-hydrogen) atoms. The Kier molecular flexibility index (Phi) is 8.08. The van der Waals surface area contributed by atoms with Gasteiger partial charge in [0.15, 0.2) is 0 Å². The van der Waals surface area contributed by atoms with E-state index in [2.05, 4.69) is 215 Å². The van der Waals surface area contributed by atoms with Gasteiger partial charge in [0.25, 0.3) is 6.71 Å². The third kappa shape index (κ3) is 5.83. The fraction of sp³-hybridized carbons (Fsp3) is 0.0943. The highest BCUT2D eigenvalue weighted by Crippen LogP contribution is 2.47. The molecule has 0 radical (unpaired) electrons. The lowest BCUT2D eigenvalue weighted by atomic mass is 9.34. The molecule has 2 aliphatic heterocycles. The molecule has 2 nitrogen and oxygen atoms in total. The monoisotopic (exact) mass is 719 g/mol. The normalized spacial score (nSPS) is 12.7. The van der Waals surface area contributed by atoms with Gasteiger partial charge < -0.3 is 9.64 Å². The van der Waals surface area contributed by atoms with E-state index in [0.29, 0.717) is 0 Å². The maximum atomic E-state index is 6.93. The summed E-state index contributed by atoms with van der Waals surface area (Å²) in [6.45, 7) is 9.03. The van der Waals surface area contributed by atoms with E-state index in [1.165, 1.54) is 72.1 Å². The van der Waals surface area contributed by atoms with Crippen LogP contribution in [0.2, 0.25) is 0 Å². The molecule has 0 spiro atoms. The van der Waals surface area contributed by atoms with Gasteiger partial charge in [-0.05, 0) is 115 Å². The highest BCUT2D eigenvalue weighted by Gasteiger charge is 2.42. The molecule has 268 valence electrons. The highest BCUT2D eigenvalue weighted by atomic mass is 16.5. The molecule has 0 saturated heterocycles. The van der Waals surface area contributed by atoms with Gasteiger partial charge in [0.1, 0.15) is 11.5 Å². The van der Waals surface area contributed by atoms with E-state index in [9.17, 15) is 0 Å². The largest absolute Gasteiger partial charge is 0.458 e. The average Bonchev–Trinajstić information content (AvgIpc) is 3.23. The topological polar surface area (TPSA) is 12.5 Å². The van der Waals surface area contributed by atoms with Crippen LogP contribution in [0.3, 0.4) is 0 Å². The van der Waals surface area contributed by atoms with Crippen molar-refractivity contribution in [3.8, 4) is 56.0 Å². The molecule has 2 aliphatic rings. The Morgan fingerprint density at radius 3 is 1.61 bits per heavy atom. The Balaban J connectivity index is 1.26. The number of ether oxygens (including phenoxy) is 1. The van der Waals surface area contributed by atoms with E-state index in [4.69, 9.17) is 4.74 Å². The van der Waals surface area contributed by atoms with E-state index in [0.717, 1.165) is 28.4 Å². The van der Waals surface area contributed by atoms with Crippen LogP contribution >= 0.6 is 0 Å². The van der Waals surface area contributed by atoms with E-state index in [1.54, 1.807) is 0 Å². The summed E-state index contributed by atoms with van der Waals surface area (Å²) < 4.78 is 6.93. The third-order valence-corrected chi connectivity index (χ3v) is 11.5. The highest BCUT2D eigenvalue weighted by molar-refractivity contribution is 6.99. The van der Waals surface area contributed by atoms with Gasteiger partial charge in [-0.1, -0.05) is 166 Å². The van der Waals surface area contributed by atoms with Gasteiger partial charge in [0, 0.05) is 16.9 Å². The van der Waals surface area contributed by atoms with Crippen molar-refractivity contribution in [2.24, 2.45) is 0 Å². The Bertz CT molecular complexity index is 2770. The summed E-state index contributed by atoms with van der Waals surface area (Å²) in [4.78, 5) is 2.51. The van der Waals surface area contributed by atoms with Crippen LogP contribution in [-0.4, -0.2) is 6.71 Å². The first-order valence-electron chi connectivity index (χ1n) is 19.6. The van der Waals surface area contributed by atoms with Gasteiger partial charge in [-0.2, -0.15) is 0 Å². The molecule has 0 bridgehead atoms. The predicted octanol–water partition coefficient (Wildman–Crippen LogP) is 12.4. The summed E-state index contributed by atoms with van der Waals surface area (Å²) in [5.74, 6) is 1.83. The molecule has 0 fully saturated rings. The summed E-state index contributed by atoms with van der Waals surface area (Å²) in [6.07, 6.45) is 0. The summed E-state index contributed by atoms with van der Waals surface area (Å²) in [6, 6.07) is 66.6. The van der Waals surface area contributed by atoms with Gasteiger partial charge in [-0.3, -0.25) is 0 Å². The van der Waals surface area contributed by atoms with E-state index in [-0.39, 0.29) is 12.1 Å². The van der Waals surface area contributed by atoms with Crippen LogP contribution in [0.15, 0.2) is 182 Å². The minimum absolute atomic E-state index is 0.00491. The first kappa shape index (κ1) is 34.0. The smallest absolute Gasteiger partial charge is 0.256 e. The van der Waals surface area contributed by atoms with Crippen LogP contribution in [0.1, 0.15) is 31.9 Å². The average molecular weight is 720 g/mol. The van der Waals surface area contributed by atoms with Crippen molar-refractivity contribution in [2.45, 2.75) is 33.1 Å². The molecule has 3 heteroatoms. The molecule has 0 aliphatic carbocycles. The summed E-state index contributed by atoms with van der Waals surface area (Å²) >= 11 is 0. The predicted molar refractivity (Wildman–Crippen MR) is 237 cm³/mol. The summed E-state index contributed by atoms with van der Waals surface area (Å²) in [7, 11) is 0. The lowest BCUT2D eigenvalue weighted by Crippen LogP contribution is -2.59. The Morgan fingerprint density at radius 1 is 0.429 bits per heavy atom. The van der Waals surface area contributed by atoms with Gasteiger partial charge in [0.2, 0.25) is 0 Å². The molecule has 2 heterocycles. The molecule has 0 saturated carbocycles. The van der Waals surface area contributed by atoms with E-state index >= 15 is 0 Å². The molecule has 0 unspecified atom stereocenters. The second-order valence-corrected chi connectivity index (χ2v) is 16.3. The molecule has 0 atom stereocenters. The minimum Gasteiger partial charge on any atom is -0.458 e. The van der Waals surface area contributed by atoms with Crippen molar-refractivity contribution in [3.63, 3.8) is 0 Å². The minimum atomic E-state index is -0.0285. The first-order valence-corrected chi connectivity index (χ1v) is 19.6. The fourth-order valence-electron chi connectivity index (χ4n) is 8.69. The summed E-state index contributed by atoms with van der Waals surface area (Å²) in [5.41, 5.74) is 19.2. The van der Waals surface area contributed by atoms with Crippen LogP contribution in [0.25, 0.3) is 44.5 Å². The second-order valence-electron chi connectivity index (χ2n) is 16.3. The molecule has 8 aromatic rings. The number of hydrogen-bond acceptors (Lipinski definition) is 2. The molecule has 0 N–H and O–H groups in total. The number of nitrogens with zero attached hydrogens (tertiary/aromatic N) is 1. The van der Waals surface area contributed by atoms with Crippen LogP contribution in [-0.2, 0) is 5.41 Å². The van der Waals surface area contributed by atoms with Crippen LogP contribution < -0.4 is 26.0 Å². The van der Waals surface area contributed by atoms with Crippen LogP contribution in [0.5, 0.6) is 11.5 Å². The van der Waals surface area contributed by atoms with Crippen molar-refractivity contribution in [1.29, 1.82) is 0 Å². The maximum absolute atomic E-state index is 6.93. The molecule has 10 rings (SSSR count). The van der Waals surface area contributed by atoms with E-state index in [1.807, 2.05) is 0 Å². The van der Waals surface area contributed by atoms with Crippen LogP contribution in [0, 0.1) is 6.92 Å². The lowest BCUT2D eigenvalue weighted by molar-refractivity contribution is 0.487. The maximum Gasteiger partial charge on any atom is 0.256 e. The van der Waals surface area contributed by atoms with Crippen molar-refractivity contribution in [3.05, 3.63) is 193 Å². The lowest BCUT2D eigenvalue weighted by Gasteiger charge is -2.41. The summed E-state index contributed by atoms with van der Waals surface area (Å²) in [5, 5.41) is 0. The molecule has 0 aromatic heterocycles. The second kappa shape index (κ2) is 13.3. The van der Waals surface area contributed by atoms with Crippen LogP contribution in [0.4, 0.5) is 17.1 Å². The zero-order valence-electron chi connectivity index (χ0n) is 32.3. The zero-order valence-corrected chi connectivity index (χ0v) is 32.3. The van der Waals surface area contributed by atoms with Gasteiger partial charge >= 0.3 is 0 Å². The third-order valence-electron chi connectivity index (χ3n) is 11.5. The first-order chi connectivity index (χ1) is 27.3. The fourth-order valence-corrected chi connectivity index (χ4v) is 8.69. The number of aryl methyl sites for hydroxylation is 1. The van der Waals surface area contributed by atoms with Crippen molar-refractivity contribution in [1.82, 2.24) is 0 Å². The Hall–Kier alpha value is -6.58. The number of benzene rings is 8. The van der Waals surface area contributed by atoms with E-state index < -0.39 is 0 Å². The zero-order chi connectivity index (χ0) is 38.0. The number of anilines is 3. The van der Waals surface area contributed by atoms with Crippen molar-refractivity contribution < 1.29 is 4.74 Å². The Morgan fingerprint density at radius 2 is 0.982 bits per heavy atom. The van der Waals surface area contributed by atoms with Gasteiger partial charge in [-0.15, -0.1) is 0 Å².